The Kier molecular flexibility index (Phi) is 7.32. The Bertz CT molecular complexity index is 698. The fourth-order valence-electron chi connectivity index (χ4n) is 3.02. The molecule has 4 atom stereocenters. The van der Waals surface area contributed by atoms with E-state index in [1.807, 2.05) is 0 Å². The molecular formula is C18H28FN3O5. The predicted molar refractivity (Wildman–Crippen MR) is 96.7 cm³/mol. The van der Waals surface area contributed by atoms with E-state index in [1.54, 1.807) is 0 Å². The molecule has 0 saturated carbocycles. The highest BCUT2D eigenvalue weighted by Crippen LogP contribution is 2.38. The van der Waals surface area contributed by atoms with E-state index < -0.39 is 35.8 Å². The van der Waals surface area contributed by atoms with E-state index in [-0.39, 0.29) is 18.8 Å². The van der Waals surface area contributed by atoms with Crippen molar-refractivity contribution in [3.05, 3.63) is 22.7 Å². The molecule has 8 nitrogen and oxygen atoms in total. The highest BCUT2D eigenvalue weighted by molar-refractivity contribution is 5.69. The normalized spacial score (nSPS) is 27.6. The number of rotatable bonds is 9. The lowest BCUT2D eigenvalue weighted by molar-refractivity contribution is -0.163. The van der Waals surface area contributed by atoms with Crippen LogP contribution in [-0.4, -0.2) is 45.1 Å². The zero-order chi connectivity index (χ0) is 20.0. The summed E-state index contributed by atoms with van der Waals surface area (Å²) in [5.41, 5.74) is 3.17. The minimum atomic E-state index is -1.88. The standard InChI is InChI=1S/C18H28FN3O5/c1-3-4-5-6-7-8-13(23)26-11-18(2)15(24)14(19)16(27-18)22-10-9-12(20)21-17(22)25/h9-10,14-16,24H,3-8,11H2,1-2H3,(H2,20,21,25). The minimum Gasteiger partial charge on any atom is -0.462 e. The van der Waals surface area contributed by atoms with Crippen LogP contribution >= 0.6 is 0 Å². The van der Waals surface area contributed by atoms with Crippen molar-refractivity contribution in [3.63, 3.8) is 0 Å². The van der Waals surface area contributed by atoms with Gasteiger partial charge in [-0.1, -0.05) is 32.6 Å². The summed E-state index contributed by atoms with van der Waals surface area (Å²) in [7, 11) is 0. The van der Waals surface area contributed by atoms with Gasteiger partial charge in [-0.05, 0) is 19.4 Å². The van der Waals surface area contributed by atoms with Crippen molar-refractivity contribution in [2.24, 2.45) is 0 Å². The number of hydrogen-bond acceptors (Lipinski definition) is 7. The molecule has 0 aliphatic carbocycles. The summed E-state index contributed by atoms with van der Waals surface area (Å²) in [5, 5.41) is 10.2. The number of carbonyl (C=O) groups is 1. The molecule has 0 spiro atoms. The van der Waals surface area contributed by atoms with Crippen LogP contribution in [-0.2, 0) is 14.3 Å². The molecule has 0 bridgehead atoms. The third-order valence-electron chi connectivity index (χ3n) is 4.72. The minimum absolute atomic E-state index is 0.000770. The number of aromatic nitrogens is 2. The average molecular weight is 385 g/mol. The molecule has 0 aromatic carbocycles. The monoisotopic (exact) mass is 385 g/mol. The van der Waals surface area contributed by atoms with Crippen LogP contribution in [0, 0.1) is 0 Å². The number of halogens is 1. The van der Waals surface area contributed by atoms with Crippen molar-refractivity contribution in [2.75, 3.05) is 12.3 Å². The van der Waals surface area contributed by atoms with Gasteiger partial charge in [-0.25, -0.2) is 9.18 Å². The lowest BCUT2D eigenvalue weighted by atomic mass is 9.99. The number of anilines is 1. The number of nitrogen functional groups attached to an aromatic ring is 1. The Morgan fingerprint density at radius 1 is 1.44 bits per heavy atom. The number of unbranched alkanes of at least 4 members (excludes halogenated alkanes) is 4. The number of aliphatic hydroxyl groups is 1. The van der Waals surface area contributed by atoms with Crippen LogP contribution < -0.4 is 11.4 Å². The molecule has 27 heavy (non-hydrogen) atoms. The molecule has 1 aliphatic heterocycles. The van der Waals surface area contributed by atoms with Crippen molar-refractivity contribution in [1.29, 1.82) is 0 Å². The average Bonchev–Trinajstić information content (AvgIpc) is 2.85. The van der Waals surface area contributed by atoms with Crippen molar-refractivity contribution in [1.82, 2.24) is 9.55 Å². The van der Waals surface area contributed by atoms with Crippen LogP contribution in [0.3, 0.4) is 0 Å². The van der Waals surface area contributed by atoms with E-state index in [0.29, 0.717) is 0 Å². The summed E-state index contributed by atoms with van der Waals surface area (Å²) in [6, 6.07) is 1.33. The van der Waals surface area contributed by atoms with Crippen LogP contribution in [0.2, 0.25) is 0 Å². The Morgan fingerprint density at radius 2 is 2.15 bits per heavy atom. The Morgan fingerprint density at radius 3 is 2.81 bits per heavy atom. The number of ether oxygens (including phenoxy) is 2. The van der Waals surface area contributed by atoms with Crippen LogP contribution in [0.1, 0.15) is 58.6 Å². The molecule has 4 unspecified atom stereocenters. The summed E-state index contributed by atoms with van der Waals surface area (Å²) >= 11 is 0. The second kappa shape index (κ2) is 9.27. The lowest BCUT2D eigenvalue weighted by Crippen LogP contribution is -2.43. The number of aliphatic hydroxyl groups excluding tert-OH is 1. The molecular weight excluding hydrogens is 357 g/mol. The molecule has 2 heterocycles. The summed E-state index contributed by atoms with van der Waals surface area (Å²) in [6.07, 6.45) is 1.68. The Hall–Kier alpha value is -2.00. The van der Waals surface area contributed by atoms with Crippen molar-refractivity contribution in [3.8, 4) is 0 Å². The maximum Gasteiger partial charge on any atom is 0.351 e. The van der Waals surface area contributed by atoms with Crippen molar-refractivity contribution >= 4 is 11.8 Å². The second-order valence-electron chi connectivity index (χ2n) is 7.08. The first-order valence-electron chi connectivity index (χ1n) is 9.28. The predicted octanol–water partition coefficient (Wildman–Crippen LogP) is 1.72. The number of nitrogens with zero attached hydrogens (tertiary/aromatic N) is 2. The Balaban J connectivity index is 1.93. The van der Waals surface area contributed by atoms with E-state index >= 15 is 0 Å². The van der Waals surface area contributed by atoms with Gasteiger partial charge in [0.05, 0.1) is 0 Å². The second-order valence-corrected chi connectivity index (χ2v) is 7.08. The third-order valence-corrected chi connectivity index (χ3v) is 4.72. The van der Waals surface area contributed by atoms with E-state index in [9.17, 15) is 19.1 Å². The maximum atomic E-state index is 14.6. The van der Waals surface area contributed by atoms with Gasteiger partial charge in [0.2, 0.25) is 0 Å². The Labute approximate surface area is 157 Å². The molecule has 1 aromatic rings. The van der Waals surface area contributed by atoms with E-state index in [1.165, 1.54) is 19.2 Å². The first-order valence-corrected chi connectivity index (χ1v) is 9.28. The largest absolute Gasteiger partial charge is 0.462 e. The molecule has 1 fully saturated rings. The number of hydrogen-bond donors (Lipinski definition) is 2. The number of alkyl halides is 1. The van der Waals surface area contributed by atoms with Gasteiger partial charge in [0.1, 0.15) is 24.1 Å². The smallest absolute Gasteiger partial charge is 0.351 e. The summed E-state index contributed by atoms with van der Waals surface area (Å²) < 4.78 is 26.2. The summed E-state index contributed by atoms with van der Waals surface area (Å²) in [6.45, 7) is 3.24. The van der Waals surface area contributed by atoms with Crippen LogP contribution in [0.25, 0.3) is 0 Å². The quantitative estimate of drug-likeness (QED) is 0.491. The molecule has 1 aliphatic rings. The first-order chi connectivity index (χ1) is 12.8. The van der Waals surface area contributed by atoms with Gasteiger partial charge in [0.25, 0.3) is 0 Å². The number of carbonyl (C=O) groups excluding carboxylic acids is 1. The van der Waals surface area contributed by atoms with E-state index in [0.717, 1.165) is 36.7 Å². The highest BCUT2D eigenvalue weighted by Gasteiger charge is 2.54. The lowest BCUT2D eigenvalue weighted by Gasteiger charge is -2.26. The summed E-state index contributed by atoms with van der Waals surface area (Å²) in [4.78, 5) is 27.3. The SMILES string of the molecule is CCCCCCCC(=O)OCC1(C)OC(n2ccc(N)nc2=O)C(F)C1O. The van der Waals surface area contributed by atoms with Gasteiger partial charge in [-0.15, -0.1) is 0 Å². The molecule has 9 heteroatoms. The van der Waals surface area contributed by atoms with E-state index in [2.05, 4.69) is 11.9 Å². The summed E-state index contributed by atoms with van der Waals surface area (Å²) in [5.74, 6) is -0.422. The zero-order valence-electron chi connectivity index (χ0n) is 15.8. The van der Waals surface area contributed by atoms with Crippen LogP contribution in [0.4, 0.5) is 10.2 Å². The zero-order valence-corrected chi connectivity index (χ0v) is 15.8. The molecule has 2 rings (SSSR count). The van der Waals surface area contributed by atoms with Gasteiger partial charge in [0, 0.05) is 12.6 Å². The number of nitrogens with two attached hydrogens (primary N) is 1. The van der Waals surface area contributed by atoms with E-state index in [4.69, 9.17) is 15.2 Å². The molecule has 152 valence electrons. The molecule has 3 N–H and O–H groups in total. The maximum absolute atomic E-state index is 14.6. The first kappa shape index (κ1) is 21.3. The number of esters is 1. The van der Waals surface area contributed by atoms with Crippen LogP contribution in [0.15, 0.2) is 17.1 Å². The molecule has 1 aromatic heterocycles. The van der Waals surface area contributed by atoms with Crippen LogP contribution in [0.5, 0.6) is 0 Å². The fourth-order valence-corrected chi connectivity index (χ4v) is 3.02. The van der Waals surface area contributed by atoms with Gasteiger partial charge >= 0.3 is 11.7 Å². The molecule has 1 saturated heterocycles. The highest BCUT2D eigenvalue weighted by atomic mass is 19.1. The van der Waals surface area contributed by atoms with Gasteiger partial charge < -0.3 is 20.3 Å². The van der Waals surface area contributed by atoms with Crippen molar-refractivity contribution < 1.29 is 23.8 Å². The molecule has 0 amide bonds. The molecule has 0 radical (unpaired) electrons. The topological polar surface area (TPSA) is 117 Å². The fraction of sp³-hybridized carbons (Fsp3) is 0.722. The van der Waals surface area contributed by atoms with Gasteiger partial charge in [-0.2, -0.15) is 4.98 Å². The third kappa shape index (κ3) is 5.26. The van der Waals surface area contributed by atoms with Crippen molar-refractivity contribution in [2.45, 2.75) is 76.5 Å². The van der Waals surface area contributed by atoms with Gasteiger partial charge in [-0.3, -0.25) is 9.36 Å². The van der Waals surface area contributed by atoms with Gasteiger partial charge in [0.15, 0.2) is 12.4 Å².